The molecule has 0 radical (unpaired) electrons. The molecular weight excluding hydrogens is 630 g/mol. The number of aliphatic hydroxyl groups excluding tert-OH is 1. The summed E-state index contributed by atoms with van der Waals surface area (Å²) in [6.45, 7) is 11.5. The Kier molecular flexibility index (Phi) is 11.2. The van der Waals surface area contributed by atoms with Gasteiger partial charge in [0.2, 0.25) is 0 Å². The number of carboxylic acid groups (broad SMARTS) is 1. The zero-order valence-corrected chi connectivity index (χ0v) is 27.8. The summed E-state index contributed by atoms with van der Waals surface area (Å²) in [5.41, 5.74) is -0.963. The van der Waals surface area contributed by atoms with Crippen molar-refractivity contribution in [3.8, 4) is 17.6 Å². The zero-order chi connectivity index (χ0) is 33.0. The van der Waals surface area contributed by atoms with Gasteiger partial charge in [0.1, 0.15) is 18.2 Å². The first-order valence-corrected chi connectivity index (χ1v) is 18.1. The average Bonchev–Trinajstić information content (AvgIpc) is 3.30. The van der Waals surface area contributed by atoms with Gasteiger partial charge in [-0.2, -0.15) is 5.26 Å². The minimum absolute atomic E-state index is 0.0225. The van der Waals surface area contributed by atoms with E-state index in [-0.39, 0.29) is 39.5 Å². The second-order valence-electron chi connectivity index (χ2n) is 12.4. The number of imidazole rings is 1. The van der Waals surface area contributed by atoms with Crippen molar-refractivity contribution < 1.29 is 33.7 Å². The van der Waals surface area contributed by atoms with Gasteiger partial charge in [0.25, 0.3) is 5.91 Å². The molecule has 0 aliphatic rings. The maximum atomic E-state index is 16.3. The summed E-state index contributed by atoms with van der Waals surface area (Å²) < 4.78 is 29.2. The second kappa shape index (κ2) is 14.1. The van der Waals surface area contributed by atoms with Crippen LogP contribution in [0.15, 0.2) is 36.7 Å². The van der Waals surface area contributed by atoms with Crippen LogP contribution in [0.4, 0.5) is 9.18 Å². The van der Waals surface area contributed by atoms with Gasteiger partial charge in [0.05, 0.1) is 35.6 Å². The lowest BCUT2D eigenvalue weighted by Gasteiger charge is -2.38. The van der Waals surface area contributed by atoms with Gasteiger partial charge in [-0.25, -0.2) is 19.1 Å². The fourth-order valence-electron chi connectivity index (χ4n) is 4.48. The van der Waals surface area contributed by atoms with E-state index in [0.717, 1.165) is 6.04 Å². The number of aliphatic hydroxyl groups is 1. The first kappa shape index (κ1) is 35.0. The summed E-state index contributed by atoms with van der Waals surface area (Å²) in [7, 11) is -1.39. The fourth-order valence-corrected chi connectivity index (χ4v) is 5.65. The van der Waals surface area contributed by atoms with E-state index in [4.69, 9.17) is 32.7 Å². The molecule has 0 fully saturated rings. The topological polar surface area (TPSA) is 138 Å². The SMILES string of the molecule is CC(C)(C)C(c1ccc(Cl)c(Oc2cc(C#N)cc(CO)c2)c1F)N(C(=O)O)C(=O)c1c(Cl)ncn1COCC[Si](C)(C)C. The number of hydrogen-bond acceptors (Lipinski definition) is 7. The first-order valence-electron chi connectivity index (χ1n) is 13.6. The molecule has 2 amide bonds. The fraction of sp³-hybridized carbons (Fsp3) is 0.400. The Balaban J connectivity index is 2.08. The zero-order valence-electron chi connectivity index (χ0n) is 25.3. The number of rotatable bonds is 11. The van der Waals surface area contributed by atoms with Crippen molar-refractivity contribution in [2.75, 3.05) is 6.61 Å². The monoisotopic (exact) mass is 664 g/mol. The third-order valence-electron chi connectivity index (χ3n) is 6.60. The number of carbonyl (C=O) groups is 2. The number of imide groups is 1. The molecule has 0 aliphatic heterocycles. The quantitative estimate of drug-likeness (QED) is 0.157. The van der Waals surface area contributed by atoms with Crippen LogP contribution in [0.1, 0.15) is 54.0 Å². The lowest BCUT2D eigenvalue weighted by atomic mass is 9.80. The van der Waals surface area contributed by atoms with Crippen molar-refractivity contribution in [1.82, 2.24) is 14.5 Å². The maximum Gasteiger partial charge on any atom is 0.414 e. The van der Waals surface area contributed by atoms with Gasteiger partial charge in [0.15, 0.2) is 16.7 Å². The van der Waals surface area contributed by atoms with Crippen molar-refractivity contribution >= 4 is 43.3 Å². The van der Waals surface area contributed by atoms with Gasteiger partial charge in [-0.1, -0.05) is 69.7 Å². The molecule has 0 aliphatic carbocycles. The number of benzene rings is 2. The van der Waals surface area contributed by atoms with E-state index in [2.05, 4.69) is 24.6 Å². The summed E-state index contributed by atoms with van der Waals surface area (Å²) >= 11 is 12.6. The van der Waals surface area contributed by atoms with Crippen molar-refractivity contribution in [3.05, 3.63) is 75.0 Å². The smallest absolute Gasteiger partial charge is 0.414 e. The summed E-state index contributed by atoms with van der Waals surface area (Å²) in [6, 6.07) is 8.22. The van der Waals surface area contributed by atoms with Crippen molar-refractivity contribution in [2.24, 2.45) is 5.41 Å². The maximum absolute atomic E-state index is 16.3. The third kappa shape index (κ3) is 8.37. The number of nitrogens with zero attached hydrogens (tertiary/aromatic N) is 4. The number of halogens is 3. The second-order valence-corrected chi connectivity index (χ2v) is 18.8. The first-order chi connectivity index (χ1) is 20.5. The van der Waals surface area contributed by atoms with Crippen LogP contribution in [0.3, 0.4) is 0 Å². The van der Waals surface area contributed by atoms with Crippen molar-refractivity contribution in [3.63, 3.8) is 0 Å². The molecule has 14 heteroatoms. The van der Waals surface area contributed by atoms with Gasteiger partial charge in [-0.15, -0.1) is 0 Å². The number of amides is 2. The largest absolute Gasteiger partial charge is 0.465 e. The minimum Gasteiger partial charge on any atom is -0.465 e. The van der Waals surface area contributed by atoms with Gasteiger partial charge < -0.3 is 24.3 Å². The van der Waals surface area contributed by atoms with E-state index in [1.54, 1.807) is 20.8 Å². The average molecular weight is 666 g/mol. The van der Waals surface area contributed by atoms with Crippen LogP contribution in [-0.4, -0.2) is 51.3 Å². The Morgan fingerprint density at radius 2 is 1.89 bits per heavy atom. The molecule has 1 heterocycles. The Morgan fingerprint density at radius 3 is 2.45 bits per heavy atom. The molecule has 1 unspecified atom stereocenters. The van der Waals surface area contributed by atoms with Gasteiger partial charge in [-0.3, -0.25) is 4.79 Å². The summed E-state index contributed by atoms with van der Waals surface area (Å²) in [5.74, 6) is -2.47. The predicted octanol–water partition coefficient (Wildman–Crippen LogP) is 7.71. The van der Waals surface area contributed by atoms with Gasteiger partial charge in [0, 0.05) is 20.2 Å². The standard InChI is InChI=1S/C30H35Cl2FN4O6Si/c1-30(2,3)26(21-7-8-22(31)25(23(21)33)43-20-12-18(14-34)11-19(13-20)15-38)37(29(40)41)28(39)24-27(32)35-16-36(24)17-42-9-10-44(4,5)6/h7-8,11-13,16,26,38H,9-10,15,17H2,1-6H3,(H,40,41). The van der Waals surface area contributed by atoms with Crippen LogP contribution in [-0.2, 0) is 18.1 Å². The highest BCUT2D eigenvalue weighted by Crippen LogP contribution is 2.44. The molecule has 0 saturated carbocycles. The lowest BCUT2D eigenvalue weighted by Crippen LogP contribution is -2.45. The third-order valence-corrected chi connectivity index (χ3v) is 8.88. The molecule has 44 heavy (non-hydrogen) atoms. The van der Waals surface area contributed by atoms with Crippen LogP contribution in [0.2, 0.25) is 35.9 Å². The van der Waals surface area contributed by atoms with Crippen LogP contribution >= 0.6 is 23.2 Å². The molecular formula is C30H35Cl2FN4O6Si. The van der Waals surface area contributed by atoms with Crippen LogP contribution in [0.5, 0.6) is 11.5 Å². The highest BCUT2D eigenvalue weighted by molar-refractivity contribution is 6.76. The molecule has 1 aromatic heterocycles. The minimum atomic E-state index is -1.65. The summed E-state index contributed by atoms with van der Waals surface area (Å²) in [5, 5.41) is 28.9. The van der Waals surface area contributed by atoms with E-state index in [1.165, 1.54) is 41.2 Å². The molecule has 0 bridgehead atoms. The highest BCUT2D eigenvalue weighted by Gasteiger charge is 2.43. The molecule has 10 nitrogen and oxygen atoms in total. The lowest BCUT2D eigenvalue weighted by molar-refractivity contribution is 0.0465. The predicted molar refractivity (Wildman–Crippen MR) is 166 cm³/mol. The molecule has 0 saturated heterocycles. The van der Waals surface area contributed by atoms with Gasteiger partial charge >= 0.3 is 6.09 Å². The Morgan fingerprint density at radius 1 is 1.20 bits per heavy atom. The van der Waals surface area contributed by atoms with E-state index >= 15 is 4.39 Å². The number of hydrogen-bond donors (Lipinski definition) is 2. The number of aromatic nitrogens is 2. The molecule has 236 valence electrons. The summed E-state index contributed by atoms with van der Waals surface area (Å²) in [4.78, 5) is 31.2. The molecule has 1 atom stereocenters. The number of carbonyl (C=O) groups excluding carboxylic acids is 1. The molecule has 2 aromatic carbocycles. The highest BCUT2D eigenvalue weighted by atomic mass is 35.5. The van der Waals surface area contributed by atoms with Gasteiger partial charge in [-0.05, 0) is 41.3 Å². The van der Waals surface area contributed by atoms with E-state index < -0.39 is 49.7 Å². The van der Waals surface area contributed by atoms with E-state index in [0.29, 0.717) is 17.1 Å². The van der Waals surface area contributed by atoms with Crippen LogP contribution < -0.4 is 4.74 Å². The number of nitriles is 1. The number of ether oxygens (including phenoxy) is 2. The molecule has 3 aromatic rings. The van der Waals surface area contributed by atoms with Crippen molar-refractivity contribution in [2.45, 2.75) is 65.8 Å². The Bertz CT molecular complexity index is 1580. The van der Waals surface area contributed by atoms with Crippen LogP contribution in [0, 0.1) is 22.6 Å². The van der Waals surface area contributed by atoms with E-state index in [9.17, 15) is 25.1 Å². The molecule has 3 rings (SSSR count). The van der Waals surface area contributed by atoms with Crippen LogP contribution in [0.25, 0.3) is 0 Å². The van der Waals surface area contributed by atoms with E-state index in [1.807, 2.05) is 6.07 Å². The Hall–Kier alpha value is -3.47. The normalized spacial score (nSPS) is 12.5. The molecule has 0 spiro atoms. The van der Waals surface area contributed by atoms with Crippen molar-refractivity contribution in [1.29, 1.82) is 5.26 Å². The Labute approximate surface area is 266 Å². The molecule has 2 N–H and O–H groups in total. The summed E-state index contributed by atoms with van der Waals surface area (Å²) in [6.07, 6.45) is -0.370.